The first-order valence-corrected chi connectivity index (χ1v) is 12.2. The summed E-state index contributed by atoms with van der Waals surface area (Å²) in [7, 11) is 0. The fourth-order valence-electron chi connectivity index (χ4n) is 4.73. The van der Waals surface area contributed by atoms with Crippen LogP contribution in [0.25, 0.3) is 11.1 Å². The normalized spacial score (nSPS) is 17.8. The second kappa shape index (κ2) is 11.3. The minimum Gasteiger partial charge on any atom is -0.494 e. The number of ether oxygens (including phenoxy) is 1. The van der Waals surface area contributed by atoms with Crippen LogP contribution in [0.1, 0.15) is 68.1 Å². The number of nitrogens with zero attached hydrogens (tertiary/aromatic N) is 2. The molecule has 0 spiro atoms. The molecule has 0 bridgehead atoms. The van der Waals surface area contributed by atoms with Crippen LogP contribution in [0.4, 0.5) is 5.82 Å². The van der Waals surface area contributed by atoms with Crippen LogP contribution in [0.15, 0.2) is 36.5 Å². The van der Waals surface area contributed by atoms with Crippen molar-refractivity contribution < 1.29 is 9.53 Å². The van der Waals surface area contributed by atoms with Crippen molar-refractivity contribution in [1.82, 2.24) is 15.2 Å². The van der Waals surface area contributed by atoms with Crippen molar-refractivity contribution in [2.75, 3.05) is 32.0 Å². The predicted octanol–water partition coefficient (Wildman–Crippen LogP) is 4.65. The van der Waals surface area contributed by atoms with Crippen molar-refractivity contribution in [3.05, 3.63) is 42.1 Å². The number of aromatic nitrogens is 1. The third-order valence-corrected chi connectivity index (χ3v) is 6.63. The molecule has 1 aromatic heterocycles. The number of carbonyl (C=O) groups excluding carboxylic acids is 1. The number of likely N-dealkylation sites (tertiary alicyclic amines) is 1. The van der Waals surface area contributed by atoms with E-state index >= 15 is 0 Å². The fourth-order valence-corrected chi connectivity index (χ4v) is 4.73. The summed E-state index contributed by atoms with van der Waals surface area (Å²) in [5.41, 5.74) is 8.34. The van der Waals surface area contributed by atoms with E-state index in [-0.39, 0.29) is 17.8 Å². The molecule has 6 nitrogen and oxygen atoms in total. The van der Waals surface area contributed by atoms with Crippen LogP contribution in [-0.2, 0) is 0 Å². The van der Waals surface area contributed by atoms with E-state index < -0.39 is 0 Å². The van der Waals surface area contributed by atoms with Gasteiger partial charge in [0.1, 0.15) is 11.6 Å². The summed E-state index contributed by atoms with van der Waals surface area (Å²) in [5.74, 6) is 1.01. The van der Waals surface area contributed by atoms with Crippen molar-refractivity contribution >= 4 is 11.7 Å². The smallest absolute Gasteiger partial charge is 0.255 e. The molecule has 6 heteroatoms. The van der Waals surface area contributed by atoms with Crippen LogP contribution in [0, 0.1) is 0 Å². The van der Waals surface area contributed by atoms with Gasteiger partial charge >= 0.3 is 0 Å². The average molecular weight is 437 g/mol. The van der Waals surface area contributed by atoms with Gasteiger partial charge in [-0.05, 0) is 69.0 Å². The van der Waals surface area contributed by atoms with Crippen molar-refractivity contribution in [2.45, 2.75) is 63.8 Å². The first kappa shape index (κ1) is 22.6. The van der Waals surface area contributed by atoms with Crippen molar-refractivity contribution in [3.63, 3.8) is 0 Å². The first-order chi connectivity index (χ1) is 15.7. The fraction of sp³-hybridized carbons (Fsp3) is 0.538. The van der Waals surface area contributed by atoms with Gasteiger partial charge in [0, 0.05) is 24.3 Å². The van der Waals surface area contributed by atoms with E-state index in [1.54, 1.807) is 6.20 Å². The van der Waals surface area contributed by atoms with Crippen LogP contribution < -0.4 is 15.8 Å². The van der Waals surface area contributed by atoms with E-state index in [1.807, 2.05) is 30.3 Å². The van der Waals surface area contributed by atoms with Crippen LogP contribution >= 0.6 is 0 Å². The summed E-state index contributed by atoms with van der Waals surface area (Å²) < 4.78 is 5.93. The molecule has 2 aromatic rings. The average Bonchev–Trinajstić information content (AvgIpc) is 2.84. The van der Waals surface area contributed by atoms with Crippen LogP contribution in [-0.4, -0.2) is 48.1 Å². The highest BCUT2D eigenvalue weighted by atomic mass is 16.5. The summed E-state index contributed by atoms with van der Waals surface area (Å²) in [4.78, 5) is 19.6. The van der Waals surface area contributed by atoms with E-state index in [2.05, 4.69) is 15.2 Å². The molecule has 4 rings (SSSR count). The maximum absolute atomic E-state index is 12.8. The van der Waals surface area contributed by atoms with Crippen molar-refractivity contribution in [2.24, 2.45) is 0 Å². The minimum absolute atomic E-state index is 0.127. The summed E-state index contributed by atoms with van der Waals surface area (Å²) in [6.45, 7) is 4.29. The van der Waals surface area contributed by atoms with Gasteiger partial charge in [0.2, 0.25) is 0 Å². The number of hydrogen-bond donors (Lipinski definition) is 2. The van der Waals surface area contributed by atoms with Gasteiger partial charge < -0.3 is 20.7 Å². The van der Waals surface area contributed by atoms with Crippen LogP contribution in [0.2, 0.25) is 0 Å². The summed E-state index contributed by atoms with van der Waals surface area (Å²) in [5, 5.41) is 3.13. The van der Waals surface area contributed by atoms with Gasteiger partial charge in [0.05, 0.1) is 12.2 Å². The number of pyridine rings is 1. The lowest BCUT2D eigenvalue weighted by atomic mass is 9.95. The maximum Gasteiger partial charge on any atom is 0.255 e. The highest BCUT2D eigenvalue weighted by Gasteiger charge is 2.19. The zero-order chi connectivity index (χ0) is 22.2. The van der Waals surface area contributed by atoms with Gasteiger partial charge in [-0.25, -0.2) is 4.98 Å². The summed E-state index contributed by atoms with van der Waals surface area (Å²) >= 11 is 0. The second-order valence-corrected chi connectivity index (χ2v) is 9.09. The molecule has 1 aliphatic carbocycles. The number of benzene rings is 1. The molecule has 3 N–H and O–H groups in total. The Morgan fingerprint density at radius 2 is 1.75 bits per heavy atom. The van der Waals surface area contributed by atoms with Gasteiger partial charge in [0.25, 0.3) is 5.91 Å². The number of amides is 1. The van der Waals surface area contributed by atoms with E-state index in [4.69, 9.17) is 10.5 Å². The molecule has 1 amide bonds. The number of nitrogens with two attached hydrogens (primary N) is 1. The first-order valence-electron chi connectivity index (χ1n) is 12.2. The van der Waals surface area contributed by atoms with E-state index in [0.29, 0.717) is 5.56 Å². The third kappa shape index (κ3) is 6.22. The Labute approximate surface area is 191 Å². The highest BCUT2D eigenvalue weighted by molar-refractivity contribution is 5.99. The minimum atomic E-state index is -0.127. The number of anilines is 1. The molecule has 1 aliphatic heterocycles. The molecule has 1 aromatic carbocycles. The molecule has 0 unspecified atom stereocenters. The Morgan fingerprint density at radius 3 is 2.50 bits per heavy atom. The Morgan fingerprint density at radius 1 is 1.03 bits per heavy atom. The quantitative estimate of drug-likeness (QED) is 0.589. The topological polar surface area (TPSA) is 80.5 Å². The van der Waals surface area contributed by atoms with Gasteiger partial charge in [-0.2, -0.15) is 0 Å². The van der Waals surface area contributed by atoms with Crippen LogP contribution in [0.3, 0.4) is 0 Å². The summed E-state index contributed by atoms with van der Waals surface area (Å²) in [6, 6.07) is 10.1. The maximum atomic E-state index is 12.8. The number of hydrogen-bond acceptors (Lipinski definition) is 5. The monoisotopic (exact) mass is 436 g/mol. The molecule has 32 heavy (non-hydrogen) atoms. The molecule has 0 radical (unpaired) electrons. The molecule has 2 aliphatic rings. The Hall–Kier alpha value is -2.60. The largest absolute Gasteiger partial charge is 0.494 e. The molecule has 2 fully saturated rings. The molecule has 172 valence electrons. The SMILES string of the molecule is Nc1ncc(-c2ccc(OCCCN3CCCCC3)cc2)cc1C(=O)NC1CCCCC1. The van der Waals surface area contributed by atoms with Crippen molar-refractivity contribution in [3.8, 4) is 16.9 Å². The van der Waals surface area contributed by atoms with Gasteiger partial charge in [0.15, 0.2) is 0 Å². The van der Waals surface area contributed by atoms with E-state index in [1.165, 1.54) is 51.6 Å². The Bertz CT molecular complexity index is 872. The molecular formula is C26H36N4O2. The van der Waals surface area contributed by atoms with Crippen molar-refractivity contribution in [1.29, 1.82) is 0 Å². The third-order valence-electron chi connectivity index (χ3n) is 6.63. The van der Waals surface area contributed by atoms with Gasteiger partial charge in [-0.3, -0.25) is 4.79 Å². The standard InChI is InChI=1S/C26H36N4O2/c27-25-24(26(31)29-22-8-3-1-4-9-22)18-21(19-28-25)20-10-12-23(13-11-20)32-17-7-16-30-14-5-2-6-15-30/h10-13,18-19,22H,1-9,14-17H2,(H2,27,28)(H,29,31). The Balaban J connectivity index is 1.31. The molecule has 1 saturated heterocycles. The molecule has 2 heterocycles. The number of rotatable bonds is 8. The lowest BCUT2D eigenvalue weighted by Crippen LogP contribution is -2.36. The number of nitrogens with one attached hydrogen (secondary N) is 1. The number of nitrogen functional groups attached to an aromatic ring is 1. The van der Waals surface area contributed by atoms with Crippen LogP contribution in [0.5, 0.6) is 5.75 Å². The zero-order valence-electron chi connectivity index (χ0n) is 19.0. The number of piperidine rings is 1. The van der Waals surface area contributed by atoms with E-state index in [9.17, 15) is 4.79 Å². The predicted molar refractivity (Wildman–Crippen MR) is 129 cm³/mol. The van der Waals surface area contributed by atoms with E-state index in [0.717, 1.165) is 49.3 Å². The second-order valence-electron chi connectivity index (χ2n) is 9.09. The highest BCUT2D eigenvalue weighted by Crippen LogP contribution is 2.25. The summed E-state index contributed by atoms with van der Waals surface area (Å²) in [6.07, 6.45) is 12.5. The molecule has 1 saturated carbocycles. The Kier molecular flexibility index (Phi) is 7.99. The van der Waals surface area contributed by atoms with Gasteiger partial charge in [-0.15, -0.1) is 0 Å². The lowest BCUT2D eigenvalue weighted by Gasteiger charge is -2.26. The number of carbonyl (C=O) groups is 1. The zero-order valence-corrected chi connectivity index (χ0v) is 19.0. The molecule has 0 atom stereocenters. The van der Waals surface area contributed by atoms with Gasteiger partial charge in [-0.1, -0.05) is 37.8 Å². The lowest BCUT2D eigenvalue weighted by molar-refractivity contribution is 0.0928. The molecular weight excluding hydrogens is 400 g/mol.